The number of pyridine rings is 2. The van der Waals surface area contributed by atoms with Gasteiger partial charge in [-0.3, -0.25) is 14.8 Å². The van der Waals surface area contributed by atoms with Crippen molar-refractivity contribution in [3.8, 4) is 24.3 Å². The Bertz CT molecular complexity index is 3410. The Balaban J connectivity index is 0.000000245. The molecule has 4 aromatic carbocycles. The molecule has 76 heavy (non-hydrogen) atoms. The lowest BCUT2D eigenvalue weighted by atomic mass is 10.0. The molecule has 378 valence electrons. The van der Waals surface area contributed by atoms with Gasteiger partial charge in [0.15, 0.2) is 6.29 Å². The summed E-state index contributed by atoms with van der Waals surface area (Å²) in [6.07, 6.45) is 14.2. The van der Waals surface area contributed by atoms with Gasteiger partial charge in [-0.15, -0.1) is 24.0 Å². The molecular formula is C58H53IN16O. The molecule has 0 radical (unpaired) electrons. The Hall–Kier alpha value is -9.70. The van der Waals surface area contributed by atoms with Crippen LogP contribution in [0.15, 0.2) is 146 Å². The van der Waals surface area contributed by atoms with Gasteiger partial charge >= 0.3 is 0 Å². The van der Waals surface area contributed by atoms with E-state index in [9.17, 15) is 4.79 Å². The Morgan fingerprint density at radius 1 is 0.553 bits per heavy atom. The van der Waals surface area contributed by atoms with Crippen molar-refractivity contribution in [1.82, 2.24) is 35.2 Å². The van der Waals surface area contributed by atoms with E-state index in [1.165, 1.54) is 12.2 Å². The number of hydrogen-bond donors (Lipinski definition) is 6. The zero-order valence-corrected chi connectivity index (χ0v) is 44.4. The van der Waals surface area contributed by atoms with Crippen LogP contribution in [0, 0.1) is 73.0 Å². The number of anilines is 8. The average molecular weight is 1120 g/mol. The van der Waals surface area contributed by atoms with E-state index in [0.29, 0.717) is 60.3 Å². The summed E-state index contributed by atoms with van der Waals surface area (Å²) in [5.74, 6) is 1.82. The van der Waals surface area contributed by atoms with Crippen LogP contribution in [0.3, 0.4) is 0 Å². The maximum absolute atomic E-state index is 11.4. The summed E-state index contributed by atoms with van der Waals surface area (Å²) in [7, 11) is 0. The minimum absolute atomic E-state index is 0. The van der Waals surface area contributed by atoms with Crippen LogP contribution >= 0.6 is 24.0 Å². The molecule has 8 aromatic rings. The first kappa shape index (κ1) is 57.2. The molecule has 4 heterocycles. The second-order valence-corrected chi connectivity index (χ2v) is 16.6. The molecule has 0 unspecified atom stereocenters. The first-order valence-electron chi connectivity index (χ1n) is 23.3. The fourth-order valence-corrected chi connectivity index (χ4v) is 7.33. The molecular weight excluding hydrogens is 1060 g/mol. The molecule has 8 rings (SSSR count). The van der Waals surface area contributed by atoms with Crippen molar-refractivity contribution in [1.29, 1.82) is 21.0 Å². The second kappa shape index (κ2) is 29.7. The summed E-state index contributed by atoms with van der Waals surface area (Å²) in [6.45, 7) is 9.72. The van der Waals surface area contributed by atoms with Crippen LogP contribution < -0.4 is 32.3 Å². The van der Waals surface area contributed by atoms with E-state index in [0.717, 1.165) is 67.3 Å². The average Bonchev–Trinajstić information content (AvgIpc) is 3.43. The van der Waals surface area contributed by atoms with Crippen molar-refractivity contribution in [2.45, 2.75) is 47.3 Å². The number of nitrogens with one attached hydrogen (secondary N) is 5. The number of benzene rings is 4. The van der Waals surface area contributed by atoms with E-state index in [2.05, 4.69) is 58.7 Å². The van der Waals surface area contributed by atoms with E-state index in [4.69, 9.17) is 36.7 Å². The van der Waals surface area contributed by atoms with Gasteiger partial charge in [0.1, 0.15) is 17.3 Å². The number of carbonyl (C=O) groups is 1. The number of nitriles is 4. The van der Waals surface area contributed by atoms with Crippen LogP contribution in [-0.4, -0.2) is 36.2 Å². The van der Waals surface area contributed by atoms with Gasteiger partial charge in [0.25, 0.3) is 0 Å². The lowest BCUT2D eigenvalue weighted by Gasteiger charge is -2.16. The Morgan fingerprint density at radius 2 is 1.01 bits per heavy atom. The summed E-state index contributed by atoms with van der Waals surface area (Å²) in [6, 6.07) is 41.4. The lowest BCUT2D eigenvalue weighted by Crippen LogP contribution is -2.15. The van der Waals surface area contributed by atoms with E-state index < -0.39 is 0 Å². The maximum Gasteiger partial charge on any atom is 0.229 e. The molecule has 0 saturated carbocycles. The molecule has 18 heteroatoms. The van der Waals surface area contributed by atoms with Gasteiger partial charge in [-0.2, -0.15) is 31.0 Å². The SMILES string of the molecule is Cc1cc(/C=C/C#N)cc(C)c1Nc1cc(C=O)nc(Nc2ccc(C#N)cc2)n1.Cc1cc(/C=C/C#N)cc(C)c1Nc1cc(CNCc2cccnc2)nc(Nc2ccc(C#N)cc2)n1.I.NCc1cccnc1. The predicted octanol–water partition coefficient (Wildman–Crippen LogP) is 11.6. The summed E-state index contributed by atoms with van der Waals surface area (Å²) in [5, 5.41) is 51.9. The smallest absolute Gasteiger partial charge is 0.229 e. The monoisotopic (exact) mass is 1120 g/mol. The number of allylic oxidation sites excluding steroid dienone is 2. The number of aryl methyl sites for hydroxylation is 4. The Kier molecular flexibility index (Phi) is 22.4. The Morgan fingerprint density at radius 3 is 1.42 bits per heavy atom. The molecule has 0 aliphatic rings. The molecule has 0 aliphatic carbocycles. The highest BCUT2D eigenvalue weighted by Gasteiger charge is 2.12. The topological polar surface area (TPSA) is 276 Å². The molecule has 0 spiro atoms. The number of rotatable bonds is 16. The minimum Gasteiger partial charge on any atom is -0.340 e. The van der Waals surface area contributed by atoms with Crippen LogP contribution in [0.4, 0.5) is 46.3 Å². The number of carbonyl (C=O) groups excluding carboxylic acids is 1. The van der Waals surface area contributed by atoms with Gasteiger partial charge < -0.3 is 32.3 Å². The van der Waals surface area contributed by atoms with Gasteiger partial charge in [0.05, 0.1) is 41.1 Å². The highest BCUT2D eigenvalue weighted by molar-refractivity contribution is 14.0. The van der Waals surface area contributed by atoms with E-state index in [1.54, 1.807) is 73.2 Å². The standard InChI is InChI=1S/C29H26N8.C23H18N6O.C6H8N2.HI/c1-20-13-23(5-3-11-30)14-21(2)28(20)36-27-15-26(19-33-18-24-6-4-12-32-17-24)35-29(37-27)34-25-9-7-22(16-31)8-10-25;1-15-10-18(4-3-9-24)11-16(2)22(15)28-21-12-20(14-30)27-23(29-21)26-19-7-5-17(13-25)6-8-19;7-4-6-2-1-3-8-5-6;/h3-10,12-15,17,33H,18-19H2,1-2H3,(H2,34,35,36,37);3-8,10-12,14H,1-2H3,(H2,26,27,28,29);1-3,5H,4,7H2;1H/b5-3+;4-3+;;. The van der Waals surface area contributed by atoms with Crippen molar-refractivity contribution >= 4 is 88.7 Å². The van der Waals surface area contributed by atoms with Crippen molar-refractivity contribution < 1.29 is 4.79 Å². The molecule has 7 N–H and O–H groups in total. The highest BCUT2D eigenvalue weighted by atomic mass is 127. The summed E-state index contributed by atoms with van der Waals surface area (Å²) >= 11 is 0. The van der Waals surface area contributed by atoms with Gasteiger partial charge in [0, 0.05) is 91.5 Å². The third-order valence-electron chi connectivity index (χ3n) is 10.8. The van der Waals surface area contributed by atoms with Gasteiger partial charge in [0.2, 0.25) is 11.9 Å². The number of nitrogens with zero attached hydrogens (tertiary/aromatic N) is 10. The molecule has 0 saturated heterocycles. The normalized spacial score (nSPS) is 10.2. The minimum atomic E-state index is 0. The first-order chi connectivity index (χ1) is 36.5. The van der Waals surface area contributed by atoms with E-state index >= 15 is 0 Å². The molecule has 0 amide bonds. The van der Waals surface area contributed by atoms with Crippen molar-refractivity contribution in [3.05, 3.63) is 213 Å². The predicted molar refractivity (Wildman–Crippen MR) is 308 cm³/mol. The third-order valence-corrected chi connectivity index (χ3v) is 10.8. The van der Waals surface area contributed by atoms with Gasteiger partial charge in [-0.25, -0.2) is 9.97 Å². The largest absolute Gasteiger partial charge is 0.340 e. The molecule has 17 nitrogen and oxygen atoms in total. The maximum atomic E-state index is 11.4. The number of hydrogen-bond acceptors (Lipinski definition) is 17. The van der Waals surface area contributed by atoms with Gasteiger partial charge in [-0.05, 0) is 169 Å². The van der Waals surface area contributed by atoms with E-state index in [-0.39, 0.29) is 35.6 Å². The van der Waals surface area contributed by atoms with Crippen LogP contribution in [-0.2, 0) is 19.6 Å². The molecule has 0 atom stereocenters. The quantitative estimate of drug-likeness (QED) is 0.0298. The number of aromatic nitrogens is 6. The number of nitrogens with two attached hydrogens (primary N) is 1. The Labute approximate surface area is 459 Å². The molecule has 0 aliphatic heterocycles. The van der Waals surface area contributed by atoms with E-state index in [1.807, 2.05) is 113 Å². The fourth-order valence-electron chi connectivity index (χ4n) is 7.33. The van der Waals surface area contributed by atoms with Crippen LogP contribution in [0.2, 0.25) is 0 Å². The number of aldehydes is 1. The second-order valence-electron chi connectivity index (χ2n) is 16.6. The fraction of sp³-hybridized carbons (Fsp3) is 0.121. The molecule has 4 aromatic heterocycles. The molecule has 0 fully saturated rings. The summed E-state index contributed by atoms with van der Waals surface area (Å²) in [4.78, 5) is 37.4. The number of halogens is 1. The molecule has 0 bridgehead atoms. The third kappa shape index (κ3) is 17.8. The van der Waals surface area contributed by atoms with Crippen LogP contribution in [0.1, 0.15) is 71.8 Å². The summed E-state index contributed by atoms with van der Waals surface area (Å²) in [5.41, 5.74) is 18.8. The lowest BCUT2D eigenvalue weighted by molar-refractivity contribution is 0.111. The first-order valence-corrected chi connectivity index (χ1v) is 23.3. The zero-order valence-electron chi connectivity index (χ0n) is 42.1. The van der Waals surface area contributed by atoms with Crippen LogP contribution in [0.25, 0.3) is 12.2 Å². The van der Waals surface area contributed by atoms with Gasteiger partial charge in [-0.1, -0.05) is 12.1 Å². The summed E-state index contributed by atoms with van der Waals surface area (Å²) < 4.78 is 0. The highest BCUT2D eigenvalue weighted by Crippen LogP contribution is 2.29. The zero-order chi connectivity index (χ0) is 53.4. The van der Waals surface area contributed by atoms with Crippen molar-refractivity contribution in [2.75, 3.05) is 21.3 Å². The van der Waals surface area contributed by atoms with Crippen molar-refractivity contribution in [2.24, 2.45) is 5.73 Å². The van der Waals surface area contributed by atoms with Crippen molar-refractivity contribution in [3.63, 3.8) is 0 Å². The van der Waals surface area contributed by atoms with Crippen LogP contribution in [0.5, 0.6) is 0 Å².